The van der Waals surface area contributed by atoms with Crippen LogP contribution in [0.1, 0.15) is 34.1 Å². The predicted octanol–water partition coefficient (Wildman–Crippen LogP) is 2.92. The SMILES string of the molecule is C[C@@H]1CNCCC1NS(=O)(=O)c1ccc(N2C(=O)c3ccccc3C2=O)c2ccccc12. The van der Waals surface area contributed by atoms with E-state index in [-0.39, 0.29) is 16.9 Å². The Hall–Kier alpha value is -3.07. The van der Waals surface area contributed by atoms with Crippen molar-refractivity contribution in [3.63, 3.8) is 0 Å². The second kappa shape index (κ2) is 7.81. The number of nitrogens with zero attached hydrogens (tertiary/aromatic N) is 1. The van der Waals surface area contributed by atoms with E-state index in [2.05, 4.69) is 10.0 Å². The summed E-state index contributed by atoms with van der Waals surface area (Å²) in [5, 5.41) is 4.27. The second-order valence-corrected chi connectivity index (χ2v) is 10.00. The van der Waals surface area contributed by atoms with Crippen LogP contribution in [0.4, 0.5) is 5.69 Å². The predicted molar refractivity (Wildman–Crippen MR) is 122 cm³/mol. The standard InChI is InChI=1S/C24H23N3O4S/c1-15-14-25-13-12-20(15)26-32(30,31)22-11-10-21(16-6-2-3-7-17(16)22)27-23(28)18-8-4-5-9-19(18)24(27)29/h2-11,15,20,25-26H,12-14H2,1H3/t15-,20?/m1/s1. The molecule has 164 valence electrons. The minimum Gasteiger partial charge on any atom is -0.316 e. The van der Waals surface area contributed by atoms with Crippen molar-refractivity contribution < 1.29 is 18.0 Å². The number of hydrogen-bond acceptors (Lipinski definition) is 5. The lowest BCUT2D eigenvalue weighted by molar-refractivity contribution is 0.0926. The molecule has 7 nitrogen and oxygen atoms in total. The zero-order valence-corrected chi connectivity index (χ0v) is 18.4. The van der Waals surface area contributed by atoms with Crippen LogP contribution in [0.5, 0.6) is 0 Å². The van der Waals surface area contributed by atoms with Gasteiger partial charge in [-0.15, -0.1) is 0 Å². The molecular formula is C24H23N3O4S. The van der Waals surface area contributed by atoms with E-state index < -0.39 is 21.8 Å². The minimum atomic E-state index is -3.81. The number of amides is 2. The third kappa shape index (κ3) is 3.31. The summed E-state index contributed by atoms with van der Waals surface area (Å²) in [5.41, 5.74) is 1.07. The van der Waals surface area contributed by atoms with Crippen LogP contribution < -0.4 is 14.9 Å². The van der Waals surface area contributed by atoms with E-state index in [9.17, 15) is 18.0 Å². The van der Waals surface area contributed by atoms with Gasteiger partial charge in [-0.1, -0.05) is 43.3 Å². The van der Waals surface area contributed by atoms with Gasteiger partial charge in [0.1, 0.15) is 0 Å². The molecule has 8 heteroatoms. The van der Waals surface area contributed by atoms with Gasteiger partial charge in [0, 0.05) is 16.8 Å². The Bertz CT molecular complexity index is 1320. The first kappa shape index (κ1) is 20.8. The van der Waals surface area contributed by atoms with Crippen LogP contribution in [0.2, 0.25) is 0 Å². The molecule has 2 N–H and O–H groups in total. The van der Waals surface area contributed by atoms with E-state index in [1.807, 2.05) is 6.92 Å². The summed E-state index contributed by atoms with van der Waals surface area (Å²) in [7, 11) is -3.81. The molecule has 0 aromatic heterocycles. The molecule has 5 rings (SSSR count). The summed E-state index contributed by atoms with van der Waals surface area (Å²) in [5.74, 6) is -0.650. The van der Waals surface area contributed by atoms with Crippen LogP contribution in [-0.2, 0) is 10.0 Å². The molecule has 1 saturated heterocycles. The average molecular weight is 450 g/mol. The quantitative estimate of drug-likeness (QED) is 0.597. The summed E-state index contributed by atoms with van der Waals surface area (Å²) in [6.07, 6.45) is 0.714. The molecule has 1 unspecified atom stereocenters. The first-order chi connectivity index (χ1) is 15.4. The molecule has 2 amide bonds. The maximum atomic E-state index is 13.3. The van der Waals surface area contributed by atoms with Crippen LogP contribution in [0.3, 0.4) is 0 Å². The van der Waals surface area contributed by atoms with Crippen molar-refractivity contribution in [1.29, 1.82) is 0 Å². The van der Waals surface area contributed by atoms with Gasteiger partial charge in [0.25, 0.3) is 11.8 Å². The molecular weight excluding hydrogens is 426 g/mol. The largest absolute Gasteiger partial charge is 0.316 e. The number of nitrogens with one attached hydrogen (secondary N) is 2. The smallest absolute Gasteiger partial charge is 0.266 e. The number of piperidine rings is 1. The number of hydrogen-bond donors (Lipinski definition) is 2. The van der Waals surface area contributed by atoms with Gasteiger partial charge >= 0.3 is 0 Å². The number of anilines is 1. The van der Waals surface area contributed by atoms with Gasteiger partial charge in [0.05, 0.1) is 21.7 Å². The summed E-state index contributed by atoms with van der Waals surface area (Å²) in [6.45, 7) is 3.53. The fraction of sp³-hybridized carbons (Fsp3) is 0.250. The number of benzene rings is 3. The summed E-state index contributed by atoms with van der Waals surface area (Å²) in [6, 6.07) is 16.5. The maximum Gasteiger partial charge on any atom is 0.266 e. The van der Waals surface area contributed by atoms with Gasteiger partial charge in [-0.2, -0.15) is 0 Å². The molecule has 3 aromatic carbocycles. The minimum absolute atomic E-state index is 0.138. The number of carbonyl (C=O) groups is 2. The Morgan fingerprint density at radius 3 is 2.19 bits per heavy atom. The Balaban J connectivity index is 1.59. The molecule has 0 spiro atoms. The van der Waals surface area contributed by atoms with Gasteiger partial charge in [-0.3, -0.25) is 9.59 Å². The van der Waals surface area contributed by atoms with Gasteiger partial charge < -0.3 is 5.32 Å². The first-order valence-electron chi connectivity index (χ1n) is 10.6. The molecule has 2 heterocycles. The van der Waals surface area contributed by atoms with Crippen molar-refractivity contribution in [2.24, 2.45) is 5.92 Å². The molecule has 0 bridgehead atoms. The third-order valence-electron chi connectivity index (χ3n) is 6.28. The number of fused-ring (bicyclic) bond motifs is 2. The van der Waals surface area contributed by atoms with Crippen LogP contribution in [0, 0.1) is 5.92 Å². The molecule has 0 aliphatic carbocycles. The van der Waals surface area contributed by atoms with Crippen molar-refractivity contribution in [1.82, 2.24) is 10.0 Å². The fourth-order valence-electron chi connectivity index (χ4n) is 4.54. The Labute approximate surface area is 186 Å². The van der Waals surface area contributed by atoms with Crippen LogP contribution in [0.25, 0.3) is 10.8 Å². The van der Waals surface area contributed by atoms with Crippen LogP contribution >= 0.6 is 0 Å². The summed E-state index contributed by atoms with van der Waals surface area (Å²) >= 11 is 0. The lowest BCUT2D eigenvalue weighted by Crippen LogP contribution is -2.48. The molecule has 1 fully saturated rings. The fourth-order valence-corrected chi connectivity index (χ4v) is 6.14. The van der Waals surface area contributed by atoms with Gasteiger partial charge in [0.2, 0.25) is 10.0 Å². The number of sulfonamides is 1. The van der Waals surface area contributed by atoms with Gasteiger partial charge in [-0.05, 0) is 49.7 Å². The van der Waals surface area contributed by atoms with Gasteiger partial charge in [-0.25, -0.2) is 18.0 Å². The Morgan fingerprint density at radius 2 is 1.53 bits per heavy atom. The molecule has 0 radical (unpaired) electrons. The molecule has 2 aliphatic rings. The maximum absolute atomic E-state index is 13.3. The average Bonchev–Trinajstić information content (AvgIpc) is 3.05. The van der Waals surface area contributed by atoms with Crippen LogP contribution in [0.15, 0.2) is 65.6 Å². The van der Waals surface area contributed by atoms with Crippen molar-refractivity contribution in [2.45, 2.75) is 24.3 Å². The van der Waals surface area contributed by atoms with Gasteiger partial charge in [0.15, 0.2) is 0 Å². The summed E-state index contributed by atoms with van der Waals surface area (Å²) < 4.78 is 29.5. The van der Waals surface area contributed by atoms with E-state index in [1.165, 1.54) is 6.07 Å². The van der Waals surface area contributed by atoms with E-state index in [0.29, 0.717) is 34.0 Å². The monoisotopic (exact) mass is 449 g/mol. The Morgan fingerprint density at radius 1 is 0.906 bits per heavy atom. The molecule has 2 atom stereocenters. The highest BCUT2D eigenvalue weighted by atomic mass is 32.2. The normalized spacial score (nSPS) is 21.2. The van der Waals surface area contributed by atoms with Crippen molar-refractivity contribution in [3.05, 3.63) is 71.8 Å². The topological polar surface area (TPSA) is 95.6 Å². The highest BCUT2D eigenvalue weighted by Gasteiger charge is 2.37. The first-order valence-corrected chi connectivity index (χ1v) is 12.1. The molecule has 3 aromatic rings. The number of rotatable bonds is 4. The third-order valence-corrected chi connectivity index (χ3v) is 7.83. The lowest BCUT2D eigenvalue weighted by atomic mass is 9.97. The molecule has 32 heavy (non-hydrogen) atoms. The molecule has 2 aliphatic heterocycles. The number of imide groups is 1. The zero-order valence-electron chi connectivity index (χ0n) is 17.5. The molecule has 0 saturated carbocycles. The van der Waals surface area contributed by atoms with Crippen molar-refractivity contribution >= 4 is 38.3 Å². The number of carbonyl (C=O) groups excluding carboxylic acids is 2. The van der Waals surface area contributed by atoms with E-state index >= 15 is 0 Å². The highest BCUT2D eigenvalue weighted by molar-refractivity contribution is 7.89. The van der Waals surface area contributed by atoms with Crippen molar-refractivity contribution in [3.8, 4) is 0 Å². The van der Waals surface area contributed by atoms with Crippen LogP contribution in [-0.4, -0.2) is 39.4 Å². The van der Waals surface area contributed by atoms with E-state index in [1.54, 1.807) is 54.6 Å². The highest BCUT2D eigenvalue weighted by Crippen LogP contribution is 2.36. The van der Waals surface area contributed by atoms with E-state index in [4.69, 9.17) is 0 Å². The van der Waals surface area contributed by atoms with Crippen molar-refractivity contribution in [2.75, 3.05) is 18.0 Å². The second-order valence-electron chi connectivity index (χ2n) is 8.32. The van der Waals surface area contributed by atoms with E-state index in [0.717, 1.165) is 18.0 Å². The zero-order chi connectivity index (χ0) is 22.5. The lowest BCUT2D eigenvalue weighted by Gasteiger charge is -2.30. The Kier molecular flexibility index (Phi) is 5.08. The summed E-state index contributed by atoms with van der Waals surface area (Å²) in [4.78, 5) is 27.3.